The zero-order valence-corrected chi connectivity index (χ0v) is 11.2. The van der Waals surface area contributed by atoms with Crippen LogP contribution in [0.4, 0.5) is 0 Å². The average Bonchev–Trinajstić information content (AvgIpc) is 3.23. The fourth-order valence-electron chi connectivity index (χ4n) is 3.18. The maximum atomic E-state index is 12.2. The summed E-state index contributed by atoms with van der Waals surface area (Å²) < 4.78 is 0. The van der Waals surface area contributed by atoms with Crippen molar-refractivity contribution in [2.24, 2.45) is 11.7 Å². The molecule has 1 amide bonds. The standard InChI is InChI=1S/C16H22N2O/c17-14-8-4-5-9-15(14)18-16(19)13-10-12(13)11-6-2-1-3-7-11/h1-3,6-7,12-15H,4-5,8-10,17H2,(H,18,19)/t12?,13?,14-,15-/m1/s1. The SMILES string of the molecule is N[C@@H]1CCCC[C@H]1NC(=O)C1CC1c1ccccc1. The van der Waals surface area contributed by atoms with Crippen LogP contribution in [0.5, 0.6) is 0 Å². The molecule has 3 nitrogen and oxygen atoms in total. The first-order chi connectivity index (χ1) is 9.25. The number of carbonyl (C=O) groups excluding carboxylic acids is 1. The predicted octanol–water partition coefficient (Wildman–Crippen LogP) is 2.18. The molecule has 2 fully saturated rings. The molecule has 0 heterocycles. The largest absolute Gasteiger partial charge is 0.352 e. The molecule has 2 aliphatic carbocycles. The van der Waals surface area contributed by atoms with E-state index in [0.29, 0.717) is 5.92 Å². The summed E-state index contributed by atoms with van der Waals surface area (Å²) in [4.78, 5) is 12.2. The van der Waals surface area contributed by atoms with Crippen LogP contribution in [-0.4, -0.2) is 18.0 Å². The number of nitrogens with one attached hydrogen (secondary N) is 1. The Morgan fingerprint density at radius 1 is 1.16 bits per heavy atom. The second kappa shape index (κ2) is 5.33. The summed E-state index contributed by atoms with van der Waals surface area (Å²) in [7, 11) is 0. The van der Waals surface area contributed by atoms with Crippen LogP contribution >= 0.6 is 0 Å². The van der Waals surface area contributed by atoms with E-state index in [-0.39, 0.29) is 23.9 Å². The van der Waals surface area contributed by atoms with Crippen molar-refractivity contribution in [3.63, 3.8) is 0 Å². The van der Waals surface area contributed by atoms with E-state index in [2.05, 4.69) is 17.4 Å². The number of carbonyl (C=O) groups is 1. The number of benzene rings is 1. The minimum atomic E-state index is 0.145. The van der Waals surface area contributed by atoms with Crippen molar-refractivity contribution >= 4 is 5.91 Å². The van der Waals surface area contributed by atoms with Gasteiger partial charge in [0.15, 0.2) is 0 Å². The van der Waals surface area contributed by atoms with Gasteiger partial charge in [-0.25, -0.2) is 0 Å². The van der Waals surface area contributed by atoms with Gasteiger partial charge in [-0.1, -0.05) is 43.2 Å². The van der Waals surface area contributed by atoms with E-state index in [1.807, 2.05) is 18.2 Å². The summed E-state index contributed by atoms with van der Waals surface area (Å²) in [6.45, 7) is 0. The summed E-state index contributed by atoms with van der Waals surface area (Å²) in [5.41, 5.74) is 7.37. The Labute approximate surface area is 114 Å². The molecule has 0 bridgehead atoms. The molecule has 1 aromatic rings. The number of nitrogens with two attached hydrogens (primary N) is 1. The van der Waals surface area contributed by atoms with E-state index < -0.39 is 0 Å². The molecule has 3 N–H and O–H groups in total. The van der Waals surface area contributed by atoms with Crippen LogP contribution in [0.3, 0.4) is 0 Å². The molecular formula is C16H22N2O. The third kappa shape index (κ3) is 2.81. The van der Waals surface area contributed by atoms with Crippen LogP contribution in [0.15, 0.2) is 30.3 Å². The first-order valence-electron chi connectivity index (χ1n) is 7.36. The highest BCUT2D eigenvalue weighted by Gasteiger charge is 2.44. The van der Waals surface area contributed by atoms with Crippen LogP contribution in [-0.2, 0) is 4.79 Å². The van der Waals surface area contributed by atoms with E-state index in [4.69, 9.17) is 5.73 Å². The summed E-state index contributed by atoms with van der Waals surface area (Å²) in [5, 5.41) is 3.17. The molecule has 0 aliphatic heterocycles. The van der Waals surface area contributed by atoms with Gasteiger partial charge in [-0.2, -0.15) is 0 Å². The van der Waals surface area contributed by atoms with Gasteiger partial charge in [0, 0.05) is 18.0 Å². The van der Waals surface area contributed by atoms with Gasteiger partial charge >= 0.3 is 0 Å². The van der Waals surface area contributed by atoms with Crippen LogP contribution in [0.1, 0.15) is 43.6 Å². The molecule has 0 spiro atoms. The van der Waals surface area contributed by atoms with E-state index in [0.717, 1.165) is 19.3 Å². The zero-order valence-electron chi connectivity index (χ0n) is 11.2. The monoisotopic (exact) mass is 258 g/mol. The van der Waals surface area contributed by atoms with Gasteiger partial charge in [0.1, 0.15) is 0 Å². The molecule has 4 atom stereocenters. The quantitative estimate of drug-likeness (QED) is 0.873. The Hall–Kier alpha value is -1.35. The lowest BCUT2D eigenvalue weighted by Gasteiger charge is -2.29. The molecule has 19 heavy (non-hydrogen) atoms. The fourth-order valence-corrected chi connectivity index (χ4v) is 3.18. The summed E-state index contributed by atoms with van der Waals surface area (Å²) in [5.74, 6) is 0.786. The van der Waals surface area contributed by atoms with Crippen LogP contribution in [0.25, 0.3) is 0 Å². The van der Waals surface area contributed by atoms with Gasteiger partial charge in [0.25, 0.3) is 0 Å². The van der Waals surface area contributed by atoms with E-state index >= 15 is 0 Å². The Kier molecular flexibility index (Phi) is 3.56. The highest BCUT2D eigenvalue weighted by Crippen LogP contribution is 2.47. The minimum absolute atomic E-state index is 0.145. The molecule has 0 saturated heterocycles. The molecule has 2 aliphatic rings. The molecule has 1 aromatic carbocycles. The maximum Gasteiger partial charge on any atom is 0.224 e. The van der Waals surface area contributed by atoms with Crippen molar-refractivity contribution in [2.45, 2.75) is 50.1 Å². The maximum absolute atomic E-state index is 12.2. The molecule has 0 aromatic heterocycles. The van der Waals surface area contributed by atoms with Gasteiger partial charge in [-0.15, -0.1) is 0 Å². The highest BCUT2D eigenvalue weighted by molar-refractivity contribution is 5.83. The molecule has 102 valence electrons. The average molecular weight is 258 g/mol. The van der Waals surface area contributed by atoms with Gasteiger partial charge in [-0.05, 0) is 30.7 Å². The summed E-state index contributed by atoms with van der Waals surface area (Å²) >= 11 is 0. The number of hydrogen-bond donors (Lipinski definition) is 2. The van der Waals surface area contributed by atoms with Gasteiger partial charge < -0.3 is 11.1 Å². The molecule has 0 radical (unpaired) electrons. The van der Waals surface area contributed by atoms with E-state index in [1.165, 1.54) is 18.4 Å². The van der Waals surface area contributed by atoms with Gasteiger partial charge in [0.05, 0.1) is 0 Å². The second-order valence-corrected chi connectivity index (χ2v) is 5.92. The minimum Gasteiger partial charge on any atom is -0.352 e. The lowest BCUT2D eigenvalue weighted by atomic mass is 9.91. The van der Waals surface area contributed by atoms with Gasteiger partial charge in [0.2, 0.25) is 5.91 Å². The normalized spacial score (nSPS) is 33.7. The molecule has 2 unspecified atom stereocenters. The molecule has 3 heteroatoms. The second-order valence-electron chi connectivity index (χ2n) is 5.92. The topological polar surface area (TPSA) is 55.1 Å². The Balaban J connectivity index is 1.55. The third-order valence-corrected chi connectivity index (χ3v) is 4.50. The van der Waals surface area contributed by atoms with Gasteiger partial charge in [-0.3, -0.25) is 4.79 Å². The van der Waals surface area contributed by atoms with Crippen LogP contribution < -0.4 is 11.1 Å². The van der Waals surface area contributed by atoms with Crippen molar-refractivity contribution in [1.29, 1.82) is 0 Å². The van der Waals surface area contributed by atoms with Crippen LogP contribution in [0, 0.1) is 5.92 Å². The Morgan fingerprint density at radius 3 is 2.63 bits per heavy atom. The Morgan fingerprint density at radius 2 is 1.89 bits per heavy atom. The molecule has 2 saturated carbocycles. The first-order valence-corrected chi connectivity index (χ1v) is 7.36. The first kappa shape index (κ1) is 12.7. The fraction of sp³-hybridized carbons (Fsp3) is 0.562. The molecular weight excluding hydrogens is 236 g/mol. The van der Waals surface area contributed by atoms with Crippen LogP contribution in [0.2, 0.25) is 0 Å². The van der Waals surface area contributed by atoms with Crippen molar-refractivity contribution in [3.8, 4) is 0 Å². The number of hydrogen-bond acceptors (Lipinski definition) is 2. The zero-order chi connectivity index (χ0) is 13.2. The highest BCUT2D eigenvalue weighted by atomic mass is 16.2. The smallest absolute Gasteiger partial charge is 0.224 e. The van der Waals surface area contributed by atoms with E-state index in [9.17, 15) is 4.79 Å². The van der Waals surface area contributed by atoms with Crippen molar-refractivity contribution < 1.29 is 4.79 Å². The number of amides is 1. The summed E-state index contributed by atoms with van der Waals surface area (Å²) in [6.07, 6.45) is 5.44. The van der Waals surface area contributed by atoms with Crippen molar-refractivity contribution in [3.05, 3.63) is 35.9 Å². The lowest BCUT2D eigenvalue weighted by Crippen LogP contribution is -2.49. The summed E-state index contributed by atoms with van der Waals surface area (Å²) in [6, 6.07) is 10.7. The third-order valence-electron chi connectivity index (χ3n) is 4.50. The predicted molar refractivity (Wildman–Crippen MR) is 75.7 cm³/mol. The molecule has 3 rings (SSSR count). The van der Waals surface area contributed by atoms with Crippen molar-refractivity contribution in [1.82, 2.24) is 5.32 Å². The lowest BCUT2D eigenvalue weighted by molar-refractivity contribution is -0.123. The van der Waals surface area contributed by atoms with Crippen molar-refractivity contribution in [2.75, 3.05) is 0 Å². The Bertz CT molecular complexity index is 445. The van der Waals surface area contributed by atoms with E-state index in [1.54, 1.807) is 0 Å². The number of rotatable bonds is 3.